The van der Waals surface area contributed by atoms with Gasteiger partial charge >= 0.3 is 0 Å². The van der Waals surface area contributed by atoms with Gasteiger partial charge in [-0.2, -0.15) is 0 Å². The summed E-state index contributed by atoms with van der Waals surface area (Å²) < 4.78 is 0. The molecule has 0 N–H and O–H groups in total. The topological polar surface area (TPSA) is 20.3 Å². The van der Waals surface area contributed by atoms with Crippen molar-refractivity contribution in [2.45, 2.75) is 46.6 Å². The van der Waals surface area contributed by atoms with E-state index < -0.39 is 0 Å². The Kier molecular flexibility index (Phi) is 5.99. The first-order chi connectivity index (χ1) is 5.61. The minimum Gasteiger partial charge on any atom is -0.298 e. The van der Waals surface area contributed by atoms with Crippen molar-refractivity contribution in [2.24, 2.45) is 0 Å². The molecule has 0 atom stereocenters. The summed E-state index contributed by atoms with van der Waals surface area (Å²) >= 11 is 0. The number of ketones is 1. The van der Waals surface area contributed by atoms with Gasteiger partial charge in [0, 0.05) is 12.5 Å². The van der Waals surface area contributed by atoms with Crippen LogP contribution in [0.5, 0.6) is 0 Å². The van der Waals surface area contributed by atoms with Gasteiger partial charge in [0.1, 0.15) is 5.78 Å². The van der Waals surface area contributed by atoms with Crippen molar-refractivity contribution < 1.29 is 4.79 Å². The van der Waals surface area contributed by atoms with Gasteiger partial charge in [0.05, 0.1) is 6.54 Å². The number of nitrogens with zero attached hydrogens (tertiary/aromatic N) is 1. The highest BCUT2D eigenvalue weighted by atomic mass is 16.1. The monoisotopic (exact) mass is 171 g/mol. The molecule has 0 aliphatic rings. The van der Waals surface area contributed by atoms with Gasteiger partial charge < -0.3 is 0 Å². The third-order valence-corrected chi connectivity index (χ3v) is 2.04. The van der Waals surface area contributed by atoms with Gasteiger partial charge in [0.2, 0.25) is 0 Å². The summed E-state index contributed by atoms with van der Waals surface area (Å²) in [6.45, 7) is 9.99. The summed E-state index contributed by atoms with van der Waals surface area (Å²) in [7, 11) is 0. The van der Waals surface area contributed by atoms with E-state index in [1.54, 1.807) is 0 Å². The first-order valence-corrected chi connectivity index (χ1v) is 4.87. The number of hydrogen-bond donors (Lipinski definition) is 0. The van der Waals surface area contributed by atoms with Crippen LogP contribution < -0.4 is 0 Å². The molecule has 0 heterocycles. The van der Waals surface area contributed by atoms with Crippen LogP contribution in [0.4, 0.5) is 0 Å². The van der Waals surface area contributed by atoms with Gasteiger partial charge in [0.25, 0.3) is 0 Å². The Hall–Kier alpha value is -0.370. The lowest BCUT2D eigenvalue weighted by molar-refractivity contribution is -0.120. The van der Waals surface area contributed by atoms with Gasteiger partial charge in [-0.1, -0.05) is 13.8 Å². The van der Waals surface area contributed by atoms with Crippen LogP contribution in [-0.2, 0) is 4.79 Å². The Bertz CT molecular complexity index is 132. The zero-order valence-electron chi connectivity index (χ0n) is 8.76. The SMILES string of the molecule is CCCC(=O)CN(CC)C(C)C. The number of Topliss-reactive ketones (excluding diaryl/α,β-unsaturated/α-hetero) is 1. The van der Waals surface area contributed by atoms with Gasteiger partial charge in [-0.25, -0.2) is 0 Å². The Labute approximate surface area is 75.9 Å². The first-order valence-electron chi connectivity index (χ1n) is 4.87. The Morgan fingerprint density at radius 2 is 1.92 bits per heavy atom. The van der Waals surface area contributed by atoms with Crippen molar-refractivity contribution in [3.05, 3.63) is 0 Å². The number of carbonyl (C=O) groups is 1. The molecule has 72 valence electrons. The van der Waals surface area contributed by atoms with E-state index in [1.807, 2.05) is 6.92 Å². The van der Waals surface area contributed by atoms with Crippen molar-refractivity contribution in [3.63, 3.8) is 0 Å². The van der Waals surface area contributed by atoms with Crippen molar-refractivity contribution >= 4 is 5.78 Å². The lowest BCUT2D eigenvalue weighted by Crippen LogP contribution is -2.35. The molecule has 0 aromatic heterocycles. The Morgan fingerprint density at radius 3 is 2.25 bits per heavy atom. The minimum atomic E-state index is 0.369. The molecule has 0 aromatic rings. The van der Waals surface area contributed by atoms with Crippen LogP contribution in [0, 0.1) is 0 Å². The summed E-state index contributed by atoms with van der Waals surface area (Å²) in [5.41, 5.74) is 0. The second-order valence-electron chi connectivity index (χ2n) is 3.45. The standard InChI is InChI=1S/C10H21NO/c1-5-7-10(12)8-11(6-2)9(3)4/h9H,5-8H2,1-4H3. The molecule has 0 aromatic carbocycles. The van der Waals surface area contributed by atoms with Crippen LogP contribution in [-0.4, -0.2) is 29.8 Å². The van der Waals surface area contributed by atoms with E-state index in [0.717, 1.165) is 19.4 Å². The molecular formula is C10H21NO. The van der Waals surface area contributed by atoms with Crippen LogP contribution in [0.25, 0.3) is 0 Å². The molecule has 0 rings (SSSR count). The van der Waals surface area contributed by atoms with Crippen LogP contribution >= 0.6 is 0 Å². The van der Waals surface area contributed by atoms with Crippen LogP contribution in [0.1, 0.15) is 40.5 Å². The van der Waals surface area contributed by atoms with E-state index in [-0.39, 0.29) is 0 Å². The average Bonchev–Trinajstić information content (AvgIpc) is 2.00. The highest BCUT2D eigenvalue weighted by Crippen LogP contribution is 1.99. The molecular weight excluding hydrogens is 150 g/mol. The smallest absolute Gasteiger partial charge is 0.146 e. The number of hydrogen-bond acceptors (Lipinski definition) is 2. The zero-order valence-corrected chi connectivity index (χ0v) is 8.76. The van der Waals surface area contributed by atoms with Crippen LogP contribution in [0.15, 0.2) is 0 Å². The van der Waals surface area contributed by atoms with E-state index in [1.165, 1.54) is 0 Å². The molecule has 0 aliphatic heterocycles. The molecule has 0 radical (unpaired) electrons. The predicted octanol–water partition coefficient (Wildman–Crippen LogP) is 2.09. The van der Waals surface area contributed by atoms with Crippen LogP contribution in [0.2, 0.25) is 0 Å². The fourth-order valence-corrected chi connectivity index (χ4v) is 1.24. The lowest BCUT2D eigenvalue weighted by Gasteiger charge is -2.23. The molecule has 0 unspecified atom stereocenters. The Balaban J connectivity index is 3.77. The molecule has 0 spiro atoms. The molecule has 2 nitrogen and oxygen atoms in total. The molecule has 0 amide bonds. The summed E-state index contributed by atoms with van der Waals surface area (Å²) in [6, 6.07) is 0.482. The van der Waals surface area contributed by atoms with E-state index in [2.05, 4.69) is 25.7 Å². The molecule has 0 bridgehead atoms. The quantitative estimate of drug-likeness (QED) is 0.610. The lowest BCUT2D eigenvalue weighted by atomic mass is 10.2. The normalized spacial score (nSPS) is 11.2. The van der Waals surface area contributed by atoms with Crippen molar-refractivity contribution in [3.8, 4) is 0 Å². The summed E-state index contributed by atoms with van der Waals surface area (Å²) in [4.78, 5) is 13.5. The van der Waals surface area contributed by atoms with E-state index >= 15 is 0 Å². The second kappa shape index (κ2) is 6.18. The van der Waals surface area contributed by atoms with Crippen molar-refractivity contribution in [1.29, 1.82) is 0 Å². The number of likely N-dealkylation sites (N-methyl/N-ethyl adjacent to an activating group) is 1. The fourth-order valence-electron chi connectivity index (χ4n) is 1.24. The highest BCUT2D eigenvalue weighted by Gasteiger charge is 2.10. The molecule has 0 fully saturated rings. The van der Waals surface area contributed by atoms with Crippen molar-refractivity contribution in [2.75, 3.05) is 13.1 Å². The predicted molar refractivity (Wildman–Crippen MR) is 52.3 cm³/mol. The van der Waals surface area contributed by atoms with Crippen molar-refractivity contribution in [1.82, 2.24) is 4.90 Å². The van der Waals surface area contributed by atoms with Gasteiger partial charge in [-0.05, 0) is 26.8 Å². The Morgan fingerprint density at radius 1 is 1.33 bits per heavy atom. The fraction of sp³-hybridized carbons (Fsp3) is 0.900. The highest BCUT2D eigenvalue weighted by molar-refractivity contribution is 5.80. The molecule has 0 saturated carbocycles. The maximum absolute atomic E-state index is 11.3. The summed E-state index contributed by atoms with van der Waals surface area (Å²) in [5.74, 6) is 0.369. The maximum atomic E-state index is 11.3. The third kappa shape index (κ3) is 4.50. The van der Waals surface area contributed by atoms with Gasteiger partial charge in [-0.15, -0.1) is 0 Å². The molecule has 2 heteroatoms. The van der Waals surface area contributed by atoms with E-state index in [4.69, 9.17) is 0 Å². The maximum Gasteiger partial charge on any atom is 0.146 e. The number of rotatable bonds is 6. The summed E-state index contributed by atoms with van der Waals surface area (Å²) in [6.07, 6.45) is 1.69. The zero-order chi connectivity index (χ0) is 9.56. The van der Waals surface area contributed by atoms with E-state index in [9.17, 15) is 4.79 Å². The molecule has 0 aliphatic carbocycles. The van der Waals surface area contributed by atoms with Gasteiger partial charge in [-0.3, -0.25) is 9.69 Å². The average molecular weight is 171 g/mol. The van der Waals surface area contributed by atoms with Crippen LogP contribution in [0.3, 0.4) is 0 Å². The second-order valence-corrected chi connectivity index (χ2v) is 3.45. The molecule has 0 saturated heterocycles. The third-order valence-electron chi connectivity index (χ3n) is 2.04. The van der Waals surface area contributed by atoms with Gasteiger partial charge in [0.15, 0.2) is 0 Å². The summed E-state index contributed by atoms with van der Waals surface area (Å²) in [5, 5.41) is 0. The minimum absolute atomic E-state index is 0.369. The van der Waals surface area contributed by atoms with E-state index in [0.29, 0.717) is 18.4 Å². The number of carbonyl (C=O) groups excluding carboxylic acids is 1. The molecule has 12 heavy (non-hydrogen) atoms. The largest absolute Gasteiger partial charge is 0.298 e. The first kappa shape index (κ1) is 11.6.